The van der Waals surface area contributed by atoms with Crippen molar-refractivity contribution >= 4 is 5.78 Å². The average molecular weight is 235 g/mol. The zero-order valence-corrected chi connectivity index (χ0v) is 9.93. The number of methoxy groups -OCH3 is 1. The summed E-state index contributed by atoms with van der Waals surface area (Å²) in [6, 6.07) is 7.16. The Labute approximate surface area is 101 Å². The van der Waals surface area contributed by atoms with E-state index in [1.54, 1.807) is 19.2 Å². The van der Waals surface area contributed by atoms with Crippen molar-refractivity contribution in [2.45, 2.75) is 12.5 Å². The number of carbonyl (C=O) groups excluding carboxylic acids is 1. The van der Waals surface area contributed by atoms with Crippen molar-refractivity contribution in [3.63, 3.8) is 0 Å². The predicted molar refractivity (Wildman–Crippen MR) is 64.4 cm³/mol. The number of β-amino-alcohol motifs (C(OH)–C–C–N with tert-alkyl or cyclic N) is 1. The van der Waals surface area contributed by atoms with Crippen LogP contribution in [0.4, 0.5) is 0 Å². The van der Waals surface area contributed by atoms with Crippen LogP contribution >= 0.6 is 0 Å². The Kier molecular flexibility index (Phi) is 3.76. The van der Waals surface area contributed by atoms with Crippen LogP contribution in [0.1, 0.15) is 16.8 Å². The first-order valence-corrected chi connectivity index (χ1v) is 5.76. The molecule has 1 heterocycles. The second-order valence-corrected chi connectivity index (χ2v) is 4.33. The maximum Gasteiger partial charge on any atom is 0.176 e. The van der Waals surface area contributed by atoms with Gasteiger partial charge in [0.1, 0.15) is 5.75 Å². The number of benzene rings is 1. The van der Waals surface area contributed by atoms with E-state index in [0.717, 1.165) is 13.0 Å². The Morgan fingerprint density at radius 1 is 1.59 bits per heavy atom. The van der Waals surface area contributed by atoms with Gasteiger partial charge in [-0.1, -0.05) is 12.1 Å². The van der Waals surface area contributed by atoms with Crippen molar-refractivity contribution in [3.8, 4) is 5.75 Å². The summed E-state index contributed by atoms with van der Waals surface area (Å²) in [4.78, 5) is 14.0. The zero-order chi connectivity index (χ0) is 12.3. The van der Waals surface area contributed by atoms with Gasteiger partial charge in [0.25, 0.3) is 0 Å². The van der Waals surface area contributed by atoms with Gasteiger partial charge in [0, 0.05) is 18.7 Å². The van der Waals surface area contributed by atoms with Crippen LogP contribution in [0.15, 0.2) is 24.3 Å². The molecule has 0 aromatic heterocycles. The van der Waals surface area contributed by atoms with Crippen molar-refractivity contribution < 1.29 is 14.6 Å². The minimum atomic E-state index is -0.284. The molecule has 92 valence electrons. The lowest BCUT2D eigenvalue weighted by Gasteiger charge is -2.13. The van der Waals surface area contributed by atoms with Crippen LogP contribution in [-0.4, -0.2) is 48.6 Å². The van der Waals surface area contributed by atoms with E-state index in [2.05, 4.69) is 0 Å². The van der Waals surface area contributed by atoms with Crippen LogP contribution in [0.2, 0.25) is 0 Å². The average Bonchev–Trinajstić information content (AvgIpc) is 2.75. The highest BCUT2D eigenvalue weighted by Crippen LogP contribution is 2.15. The van der Waals surface area contributed by atoms with E-state index >= 15 is 0 Å². The third-order valence-electron chi connectivity index (χ3n) is 3.01. The summed E-state index contributed by atoms with van der Waals surface area (Å²) in [6.07, 6.45) is 0.471. The number of aliphatic hydroxyl groups is 1. The predicted octanol–water partition coefficient (Wildman–Crippen LogP) is 0.944. The summed E-state index contributed by atoms with van der Waals surface area (Å²) in [7, 11) is 1.58. The second kappa shape index (κ2) is 5.29. The van der Waals surface area contributed by atoms with E-state index in [9.17, 15) is 9.90 Å². The minimum absolute atomic E-state index is 0.0676. The van der Waals surface area contributed by atoms with Gasteiger partial charge in [0.2, 0.25) is 0 Å². The number of rotatable bonds is 4. The maximum absolute atomic E-state index is 12.0. The molecule has 1 unspecified atom stereocenters. The number of ketones is 1. The topological polar surface area (TPSA) is 49.8 Å². The number of Topliss-reactive ketones (excluding diaryl/α,β-unsaturated/α-hetero) is 1. The fourth-order valence-corrected chi connectivity index (χ4v) is 2.05. The molecule has 1 aromatic carbocycles. The molecule has 1 fully saturated rings. The number of ether oxygens (including phenoxy) is 1. The highest BCUT2D eigenvalue weighted by atomic mass is 16.5. The largest absolute Gasteiger partial charge is 0.497 e. The molecule has 0 saturated carbocycles. The number of carbonyl (C=O) groups is 1. The van der Waals surface area contributed by atoms with Gasteiger partial charge in [-0.05, 0) is 18.6 Å². The van der Waals surface area contributed by atoms with Gasteiger partial charge in [-0.2, -0.15) is 0 Å². The number of hydrogen-bond donors (Lipinski definition) is 1. The van der Waals surface area contributed by atoms with E-state index in [1.807, 2.05) is 17.0 Å². The van der Waals surface area contributed by atoms with Gasteiger partial charge in [0.05, 0.1) is 19.8 Å². The molecule has 1 aliphatic rings. The molecule has 0 bridgehead atoms. The van der Waals surface area contributed by atoms with Gasteiger partial charge >= 0.3 is 0 Å². The molecule has 2 rings (SSSR count). The second-order valence-electron chi connectivity index (χ2n) is 4.33. The van der Waals surface area contributed by atoms with Crippen molar-refractivity contribution in [2.75, 3.05) is 26.7 Å². The number of hydrogen-bond acceptors (Lipinski definition) is 4. The lowest BCUT2D eigenvalue weighted by molar-refractivity contribution is 0.0934. The highest BCUT2D eigenvalue weighted by Gasteiger charge is 2.22. The zero-order valence-electron chi connectivity index (χ0n) is 9.93. The van der Waals surface area contributed by atoms with Crippen LogP contribution in [0.3, 0.4) is 0 Å². The molecule has 1 aliphatic heterocycles. The maximum atomic E-state index is 12.0. The SMILES string of the molecule is COc1cccc(C(=O)CN2CCC(O)C2)c1. The van der Waals surface area contributed by atoms with E-state index in [0.29, 0.717) is 24.4 Å². The van der Waals surface area contributed by atoms with Gasteiger partial charge in [-0.3, -0.25) is 9.69 Å². The van der Waals surface area contributed by atoms with Crippen LogP contribution < -0.4 is 4.74 Å². The molecule has 4 heteroatoms. The number of nitrogens with zero attached hydrogens (tertiary/aromatic N) is 1. The summed E-state index contributed by atoms with van der Waals surface area (Å²) in [5.41, 5.74) is 0.658. The third kappa shape index (κ3) is 3.05. The normalized spacial score (nSPS) is 20.5. The highest BCUT2D eigenvalue weighted by molar-refractivity contribution is 5.97. The summed E-state index contributed by atoms with van der Waals surface area (Å²) in [5.74, 6) is 0.760. The molecule has 0 amide bonds. The molecule has 0 radical (unpaired) electrons. The van der Waals surface area contributed by atoms with Gasteiger partial charge in [-0.15, -0.1) is 0 Å². The summed E-state index contributed by atoms with van der Waals surface area (Å²) < 4.78 is 5.09. The van der Waals surface area contributed by atoms with E-state index in [-0.39, 0.29) is 11.9 Å². The smallest absolute Gasteiger partial charge is 0.176 e. The summed E-state index contributed by atoms with van der Waals surface area (Å²) in [5, 5.41) is 9.39. The van der Waals surface area contributed by atoms with Crippen molar-refractivity contribution in [3.05, 3.63) is 29.8 Å². The molecular formula is C13H17NO3. The van der Waals surface area contributed by atoms with Crippen LogP contribution in [-0.2, 0) is 0 Å². The monoisotopic (exact) mass is 235 g/mol. The third-order valence-corrected chi connectivity index (χ3v) is 3.01. The molecule has 4 nitrogen and oxygen atoms in total. The number of likely N-dealkylation sites (tertiary alicyclic amines) is 1. The minimum Gasteiger partial charge on any atom is -0.497 e. The first-order chi connectivity index (χ1) is 8.19. The van der Waals surface area contributed by atoms with Gasteiger partial charge in [0.15, 0.2) is 5.78 Å². The molecule has 1 atom stereocenters. The first-order valence-electron chi connectivity index (χ1n) is 5.76. The molecule has 17 heavy (non-hydrogen) atoms. The number of aliphatic hydroxyl groups excluding tert-OH is 1. The van der Waals surface area contributed by atoms with Gasteiger partial charge < -0.3 is 9.84 Å². The standard InChI is InChI=1S/C13H17NO3/c1-17-12-4-2-3-10(7-12)13(16)9-14-6-5-11(15)8-14/h2-4,7,11,15H,5-6,8-9H2,1H3. The van der Waals surface area contributed by atoms with Crippen LogP contribution in [0.5, 0.6) is 5.75 Å². The van der Waals surface area contributed by atoms with Crippen LogP contribution in [0.25, 0.3) is 0 Å². The lowest BCUT2D eigenvalue weighted by Crippen LogP contribution is -2.28. The van der Waals surface area contributed by atoms with Crippen molar-refractivity contribution in [1.29, 1.82) is 0 Å². The summed E-state index contributed by atoms with van der Waals surface area (Å²) in [6.45, 7) is 1.75. The Balaban J connectivity index is 1.99. The van der Waals surface area contributed by atoms with Crippen LogP contribution in [0, 0.1) is 0 Å². The van der Waals surface area contributed by atoms with E-state index in [4.69, 9.17) is 4.74 Å². The molecular weight excluding hydrogens is 218 g/mol. The van der Waals surface area contributed by atoms with Crippen molar-refractivity contribution in [1.82, 2.24) is 4.90 Å². The Morgan fingerprint density at radius 2 is 2.41 bits per heavy atom. The van der Waals surface area contributed by atoms with E-state index < -0.39 is 0 Å². The quantitative estimate of drug-likeness (QED) is 0.789. The van der Waals surface area contributed by atoms with E-state index in [1.165, 1.54) is 0 Å². The molecule has 1 saturated heterocycles. The fourth-order valence-electron chi connectivity index (χ4n) is 2.05. The molecule has 0 spiro atoms. The first kappa shape index (κ1) is 12.1. The molecule has 0 aliphatic carbocycles. The van der Waals surface area contributed by atoms with Gasteiger partial charge in [-0.25, -0.2) is 0 Å². The Bertz CT molecular complexity index is 405. The molecule has 1 N–H and O–H groups in total. The summed E-state index contributed by atoms with van der Waals surface area (Å²) >= 11 is 0. The fraction of sp³-hybridized carbons (Fsp3) is 0.462. The lowest BCUT2D eigenvalue weighted by atomic mass is 10.1. The Hall–Kier alpha value is -1.39. The van der Waals surface area contributed by atoms with Crippen molar-refractivity contribution in [2.24, 2.45) is 0 Å². The molecule has 1 aromatic rings. The Morgan fingerprint density at radius 3 is 3.06 bits per heavy atom.